The first kappa shape index (κ1) is 11.6. The van der Waals surface area contributed by atoms with Crippen molar-refractivity contribution in [2.45, 2.75) is 33.1 Å². The lowest BCUT2D eigenvalue weighted by atomic mass is 10.2. The SMILES string of the molecule is CCCCCNc1nc2nc(C)[nH]c2c(=O)[nH]1. The van der Waals surface area contributed by atoms with Crippen LogP contribution in [0.3, 0.4) is 0 Å². The first-order chi connectivity index (χ1) is 8.20. The van der Waals surface area contributed by atoms with Gasteiger partial charge in [-0.2, -0.15) is 4.98 Å². The number of anilines is 1. The predicted molar refractivity (Wildman–Crippen MR) is 67.3 cm³/mol. The third-order valence-electron chi connectivity index (χ3n) is 2.55. The van der Waals surface area contributed by atoms with Gasteiger partial charge in [-0.15, -0.1) is 0 Å². The van der Waals surface area contributed by atoms with Gasteiger partial charge >= 0.3 is 0 Å². The third kappa shape index (κ3) is 2.64. The van der Waals surface area contributed by atoms with E-state index in [4.69, 9.17) is 0 Å². The molecule has 0 aliphatic carbocycles. The van der Waals surface area contributed by atoms with Crippen LogP contribution in [0.4, 0.5) is 5.95 Å². The highest BCUT2D eigenvalue weighted by molar-refractivity contribution is 5.70. The number of H-pyrrole nitrogens is 2. The number of nitrogens with zero attached hydrogens (tertiary/aromatic N) is 2. The summed E-state index contributed by atoms with van der Waals surface area (Å²) in [4.78, 5) is 25.7. The normalized spacial score (nSPS) is 10.9. The van der Waals surface area contributed by atoms with Gasteiger partial charge in [0.05, 0.1) is 0 Å². The van der Waals surface area contributed by atoms with Crippen LogP contribution in [0.2, 0.25) is 0 Å². The molecule has 0 aliphatic rings. The number of imidazole rings is 1. The van der Waals surface area contributed by atoms with Gasteiger partial charge in [-0.1, -0.05) is 19.8 Å². The molecule has 0 aliphatic heterocycles. The molecule has 0 fully saturated rings. The Bertz CT molecular complexity index is 556. The molecule has 0 saturated carbocycles. The van der Waals surface area contributed by atoms with Gasteiger partial charge in [0.1, 0.15) is 5.82 Å². The van der Waals surface area contributed by atoms with Gasteiger partial charge in [0.2, 0.25) is 5.95 Å². The van der Waals surface area contributed by atoms with Crippen LogP contribution in [0, 0.1) is 6.92 Å². The van der Waals surface area contributed by atoms with E-state index in [2.05, 4.69) is 32.2 Å². The molecule has 0 spiro atoms. The van der Waals surface area contributed by atoms with E-state index in [-0.39, 0.29) is 5.56 Å². The van der Waals surface area contributed by atoms with Gasteiger partial charge in [-0.05, 0) is 13.3 Å². The average molecular weight is 235 g/mol. The first-order valence-corrected chi connectivity index (χ1v) is 5.91. The van der Waals surface area contributed by atoms with Crippen LogP contribution in [0.1, 0.15) is 32.0 Å². The molecule has 92 valence electrons. The lowest BCUT2D eigenvalue weighted by Crippen LogP contribution is -2.14. The van der Waals surface area contributed by atoms with Crippen molar-refractivity contribution in [1.82, 2.24) is 19.9 Å². The molecule has 2 aromatic heterocycles. The number of hydrogen-bond donors (Lipinski definition) is 3. The molecule has 0 unspecified atom stereocenters. The van der Waals surface area contributed by atoms with E-state index < -0.39 is 0 Å². The molecule has 0 aromatic carbocycles. The monoisotopic (exact) mass is 235 g/mol. The molecular formula is C11H17N5O. The molecular weight excluding hydrogens is 218 g/mol. The van der Waals surface area contributed by atoms with E-state index in [1.54, 1.807) is 6.92 Å². The number of nitrogens with one attached hydrogen (secondary N) is 3. The Labute approximate surface area is 98.9 Å². The van der Waals surface area contributed by atoms with Gasteiger partial charge in [0.25, 0.3) is 5.56 Å². The van der Waals surface area contributed by atoms with E-state index >= 15 is 0 Å². The van der Waals surface area contributed by atoms with Crippen molar-refractivity contribution >= 4 is 17.1 Å². The van der Waals surface area contributed by atoms with E-state index in [0.717, 1.165) is 13.0 Å². The van der Waals surface area contributed by atoms with Crippen LogP contribution >= 0.6 is 0 Å². The second-order valence-corrected chi connectivity index (χ2v) is 4.07. The lowest BCUT2D eigenvalue weighted by molar-refractivity contribution is 0.740. The van der Waals surface area contributed by atoms with Crippen molar-refractivity contribution in [3.05, 3.63) is 16.2 Å². The van der Waals surface area contributed by atoms with Crippen LogP contribution in [0.15, 0.2) is 4.79 Å². The molecule has 17 heavy (non-hydrogen) atoms. The van der Waals surface area contributed by atoms with Crippen LogP contribution in [-0.4, -0.2) is 26.5 Å². The maximum atomic E-state index is 11.7. The molecule has 0 saturated heterocycles. The minimum absolute atomic E-state index is 0.186. The van der Waals surface area contributed by atoms with Gasteiger partial charge in [0, 0.05) is 6.54 Å². The third-order valence-corrected chi connectivity index (χ3v) is 2.55. The molecule has 0 atom stereocenters. The Morgan fingerprint density at radius 1 is 1.24 bits per heavy atom. The summed E-state index contributed by atoms with van der Waals surface area (Å²) in [7, 11) is 0. The van der Waals surface area contributed by atoms with Crippen LogP contribution in [0.5, 0.6) is 0 Å². The molecule has 2 rings (SSSR count). The number of fused-ring (bicyclic) bond motifs is 1. The van der Waals surface area contributed by atoms with Crippen molar-refractivity contribution < 1.29 is 0 Å². The van der Waals surface area contributed by atoms with Gasteiger partial charge in [0.15, 0.2) is 11.2 Å². The predicted octanol–water partition coefficient (Wildman–Crippen LogP) is 1.56. The zero-order valence-corrected chi connectivity index (χ0v) is 10.1. The maximum absolute atomic E-state index is 11.7. The summed E-state index contributed by atoms with van der Waals surface area (Å²) in [6.07, 6.45) is 3.40. The maximum Gasteiger partial charge on any atom is 0.278 e. The van der Waals surface area contributed by atoms with Crippen LogP contribution in [0.25, 0.3) is 11.2 Å². The molecule has 2 aromatic rings. The van der Waals surface area contributed by atoms with E-state index in [1.807, 2.05) is 0 Å². The van der Waals surface area contributed by atoms with Crippen LogP contribution in [-0.2, 0) is 0 Å². The number of hydrogen-bond acceptors (Lipinski definition) is 4. The fourth-order valence-electron chi connectivity index (χ4n) is 1.69. The number of aryl methyl sites for hydroxylation is 1. The smallest absolute Gasteiger partial charge is 0.278 e. The fraction of sp³-hybridized carbons (Fsp3) is 0.545. The Morgan fingerprint density at radius 3 is 2.82 bits per heavy atom. The summed E-state index contributed by atoms with van der Waals surface area (Å²) < 4.78 is 0. The molecule has 0 bridgehead atoms. The van der Waals surface area contributed by atoms with E-state index in [0.29, 0.717) is 22.9 Å². The minimum Gasteiger partial charge on any atom is -0.356 e. The second-order valence-electron chi connectivity index (χ2n) is 4.07. The average Bonchev–Trinajstić information content (AvgIpc) is 2.66. The van der Waals surface area contributed by atoms with Gasteiger partial charge in [-0.25, -0.2) is 4.98 Å². The van der Waals surface area contributed by atoms with Gasteiger partial charge in [-0.3, -0.25) is 9.78 Å². The summed E-state index contributed by atoms with van der Waals surface area (Å²) in [6, 6.07) is 0. The fourth-order valence-corrected chi connectivity index (χ4v) is 1.69. The highest BCUT2D eigenvalue weighted by Gasteiger charge is 2.06. The second kappa shape index (κ2) is 4.99. The zero-order valence-electron chi connectivity index (χ0n) is 10.1. The van der Waals surface area contributed by atoms with Crippen LogP contribution < -0.4 is 10.9 Å². The first-order valence-electron chi connectivity index (χ1n) is 5.91. The van der Waals surface area contributed by atoms with Gasteiger partial charge < -0.3 is 10.3 Å². The molecule has 2 heterocycles. The highest BCUT2D eigenvalue weighted by atomic mass is 16.1. The Morgan fingerprint density at radius 2 is 2.06 bits per heavy atom. The summed E-state index contributed by atoms with van der Waals surface area (Å²) in [5, 5.41) is 3.10. The number of aromatic nitrogens is 4. The topological polar surface area (TPSA) is 86.5 Å². The summed E-state index contributed by atoms with van der Waals surface area (Å²) >= 11 is 0. The summed E-state index contributed by atoms with van der Waals surface area (Å²) in [6.45, 7) is 4.76. The van der Waals surface area contributed by atoms with Crippen molar-refractivity contribution in [1.29, 1.82) is 0 Å². The van der Waals surface area contributed by atoms with Crippen molar-refractivity contribution in [2.24, 2.45) is 0 Å². The van der Waals surface area contributed by atoms with E-state index in [9.17, 15) is 4.79 Å². The standard InChI is InChI=1S/C11H17N5O/c1-3-4-5-6-12-11-15-9-8(10(17)16-11)13-7(2)14-9/h3-6H2,1-2H3,(H3,12,13,14,15,16,17). The Balaban J connectivity index is 2.16. The minimum atomic E-state index is -0.186. The zero-order chi connectivity index (χ0) is 12.3. The quantitative estimate of drug-likeness (QED) is 0.686. The number of rotatable bonds is 5. The summed E-state index contributed by atoms with van der Waals surface area (Å²) in [5.41, 5.74) is 0.708. The largest absolute Gasteiger partial charge is 0.356 e. The Kier molecular flexibility index (Phi) is 3.41. The van der Waals surface area contributed by atoms with Crippen molar-refractivity contribution in [2.75, 3.05) is 11.9 Å². The molecule has 0 amide bonds. The molecule has 3 N–H and O–H groups in total. The summed E-state index contributed by atoms with van der Waals surface area (Å²) in [5.74, 6) is 1.19. The Hall–Kier alpha value is -1.85. The van der Waals surface area contributed by atoms with Crippen molar-refractivity contribution in [3.63, 3.8) is 0 Å². The lowest BCUT2D eigenvalue weighted by Gasteiger charge is -2.03. The molecule has 0 radical (unpaired) electrons. The van der Waals surface area contributed by atoms with Crippen molar-refractivity contribution in [3.8, 4) is 0 Å². The van der Waals surface area contributed by atoms with E-state index in [1.165, 1.54) is 12.8 Å². The number of aromatic amines is 2. The molecule has 6 heteroatoms. The molecule has 6 nitrogen and oxygen atoms in total. The number of unbranched alkanes of at least 4 members (excludes halogenated alkanes) is 2. The highest BCUT2D eigenvalue weighted by Crippen LogP contribution is 2.05.